The van der Waals surface area contributed by atoms with Crippen LogP contribution in [0.3, 0.4) is 0 Å². The fourth-order valence-electron chi connectivity index (χ4n) is 0.850. The lowest BCUT2D eigenvalue weighted by atomic mass is 10.1. The zero-order valence-corrected chi connectivity index (χ0v) is 7.83. The van der Waals surface area contributed by atoms with Crippen molar-refractivity contribution in [2.45, 2.75) is 13.1 Å². The molecular formula is C8H6BrF3. The van der Waals surface area contributed by atoms with Crippen LogP contribution in [0.15, 0.2) is 22.7 Å². The zero-order chi connectivity index (χ0) is 9.35. The molecule has 0 saturated heterocycles. The molecule has 0 aromatic heterocycles. The monoisotopic (exact) mass is 238 g/mol. The lowest BCUT2D eigenvalue weighted by Crippen LogP contribution is -2.05. The molecule has 0 bridgehead atoms. The van der Waals surface area contributed by atoms with Gasteiger partial charge in [0.25, 0.3) is 0 Å². The molecule has 0 aliphatic heterocycles. The van der Waals surface area contributed by atoms with E-state index in [1.807, 2.05) is 0 Å². The summed E-state index contributed by atoms with van der Waals surface area (Å²) in [6.07, 6.45) is -4.27. The number of benzene rings is 1. The Morgan fingerprint density at radius 1 is 1.25 bits per heavy atom. The van der Waals surface area contributed by atoms with E-state index in [1.54, 1.807) is 6.92 Å². The quantitative estimate of drug-likeness (QED) is 0.646. The molecule has 0 radical (unpaired) electrons. The lowest BCUT2D eigenvalue weighted by Gasteiger charge is -2.08. The van der Waals surface area contributed by atoms with Gasteiger partial charge >= 0.3 is 6.18 Å². The van der Waals surface area contributed by atoms with Gasteiger partial charge in [-0.2, -0.15) is 13.2 Å². The maximum Gasteiger partial charge on any atom is 0.417 e. The van der Waals surface area contributed by atoms with Crippen molar-refractivity contribution in [2.24, 2.45) is 0 Å². The highest BCUT2D eigenvalue weighted by molar-refractivity contribution is 9.10. The Kier molecular flexibility index (Phi) is 2.46. The van der Waals surface area contributed by atoms with Crippen LogP contribution in [0.25, 0.3) is 0 Å². The van der Waals surface area contributed by atoms with E-state index in [0.29, 0.717) is 0 Å². The second-order valence-electron chi connectivity index (χ2n) is 2.48. The molecule has 12 heavy (non-hydrogen) atoms. The molecular weight excluding hydrogens is 233 g/mol. The van der Waals surface area contributed by atoms with Gasteiger partial charge in [-0.15, -0.1) is 0 Å². The summed E-state index contributed by atoms with van der Waals surface area (Å²) in [5.41, 5.74) is 0.169. The molecule has 0 aliphatic rings. The molecule has 0 nitrogen and oxygen atoms in total. The molecule has 0 atom stereocenters. The number of hydrogen-bond acceptors (Lipinski definition) is 0. The van der Waals surface area contributed by atoms with Gasteiger partial charge in [0.1, 0.15) is 0 Å². The minimum Gasteiger partial charge on any atom is -0.166 e. The highest BCUT2D eigenvalue weighted by Gasteiger charge is 2.32. The molecule has 0 amide bonds. The van der Waals surface area contributed by atoms with Crippen molar-refractivity contribution in [2.75, 3.05) is 0 Å². The first-order valence-electron chi connectivity index (χ1n) is 3.24. The first-order valence-corrected chi connectivity index (χ1v) is 4.04. The fraction of sp³-hybridized carbons (Fsp3) is 0.250. The van der Waals surface area contributed by atoms with E-state index < -0.39 is 11.7 Å². The molecule has 0 N–H and O–H groups in total. The molecule has 1 aromatic rings. The summed E-state index contributed by atoms with van der Waals surface area (Å²) in [5.74, 6) is 0. The first-order chi connectivity index (χ1) is 5.41. The van der Waals surface area contributed by atoms with Crippen LogP contribution in [-0.2, 0) is 6.18 Å². The maximum atomic E-state index is 12.2. The van der Waals surface area contributed by atoms with Crippen LogP contribution in [0.5, 0.6) is 0 Å². The zero-order valence-electron chi connectivity index (χ0n) is 6.24. The molecule has 1 rings (SSSR count). The van der Waals surface area contributed by atoms with Crippen molar-refractivity contribution in [1.82, 2.24) is 0 Å². The number of halogens is 4. The van der Waals surface area contributed by atoms with Gasteiger partial charge in [-0.3, -0.25) is 0 Å². The minimum atomic E-state index is -4.27. The van der Waals surface area contributed by atoms with E-state index in [0.717, 1.165) is 11.6 Å². The van der Waals surface area contributed by atoms with Gasteiger partial charge in [0.15, 0.2) is 0 Å². The molecule has 0 saturated carbocycles. The first kappa shape index (κ1) is 9.58. The smallest absolute Gasteiger partial charge is 0.166 e. The number of alkyl halides is 3. The van der Waals surface area contributed by atoms with Gasteiger partial charge in [-0.1, -0.05) is 22.0 Å². The summed E-state index contributed by atoms with van der Waals surface area (Å²) < 4.78 is 36.5. The maximum absolute atomic E-state index is 12.2. The highest BCUT2D eigenvalue weighted by atomic mass is 79.9. The molecule has 0 aliphatic carbocycles. The Morgan fingerprint density at radius 3 is 2.25 bits per heavy atom. The Labute approximate surface area is 76.5 Å². The van der Waals surface area contributed by atoms with Crippen LogP contribution in [0.2, 0.25) is 0 Å². The van der Waals surface area contributed by atoms with Gasteiger partial charge in [0.05, 0.1) is 5.56 Å². The molecule has 0 heterocycles. The molecule has 0 fully saturated rings. The Bertz CT molecular complexity index is 291. The average Bonchev–Trinajstić information content (AvgIpc) is 1.83. The van der Waals surface area contributed by atoms with Gasteiger partial charge in [0, 0.05) is 4.47 Å². The summed E-state index contributed by atoms with van der Waals surface area (Å²) in [4.78, 5) is 0. The summed E-state index contributed by atoms with van der Waals surface area (Å²) >= 11 is 2.86. The van der Waals surface area contributed by atoms with E-state index in [4.69, 9.17) is 0 Å². The van der Waals surface area contributed by atoms with Crippen molar-refractivity contribution in [3.8, 4) is 0 Å². The number of rotatable bonds is 0. The molecule has 1 aromatic carbocycles. The second kappa shape index (κ2) is 3.09. The van der Waals surface area contributed by atoms with Crippen LogP contribution >= 0.6 is 15.9 Å². The SMILES string of the molecule is Cc1ccc(C(F)(F)F)c(Br)c1. The third-order valence-corrected chi connectivity index (χ3v) is 2.09. The Hall–Kier alpha value is -0.510. The largest absolute Gasteiger partial charge is 0.417 e. The Morgan fingerprint density at radius 2 is 1.83 bits per heavy atom. The van der Waals surface area contributed by atoms with E-state index in [1.165, 1.54) is 12.1 Å². The molecule has 0 unspecified atom stereocenters. The number of aryl methyl sites for hydroxylation is 1. The van der Waals surface area contributed by atoms with Gasteiger partial charge in [-0.05, 0) is 24.6 Å². The van der Waals surface area contributed by atoms with E-state index in [-0.39, 0.29) is 4.47 Å². The fourth-order valence-corrected chi connectivity index (χ4v) is 1.57. The van der Waals surface area contributed by atoms with Crippen molar-refractivity contribution in [3.63, 3.8) is 0 Å². The summed E-state index contributed by atoms with van der Waals surface area (Å²) in [6.45, 7) is 1.74. The van der Waals surface area contributed by atoms with Crippen molar-refractivity contribution in [3.05, 3.63) is 33.8 Å². The van der Waals surface area contributed by atoms with Gasteiger partial charge in [-0.25, -0.2) is 0 Å². The summed E-state index contributed by atoms with van der Waals surface area (Å²) in [5, 5.41) is 0. The van der Waals surface area contributed by atoms with Crippen LogP contribution in [0, 0.1) is 6.92 Å². The minimum absolute atomic E-state index is 0.0926. The molecule has 4 heteroatoms. The van der Waals surface area contributed by atoms with Crippen LogP contribution in [0.1, 0.15) is 11.1 Å². The van der Waals surface area contributed by atoms with Crippen molar-refractivity contribution in [1.29, 1.82) is 0 Å². The topological polar surface area (TPSA) is 0 Å². The van der Waals surface area contributed by atoms with Gasteiger partial charge < -0.3 is 0 Å². The Balaban J connectivity index is 3.19. The number of hydrogen-bond donors (Lipinski definition) is 0. The predicted molar refractivity (Wildman–Crippen MR) is 43.9 cm³/mol. The third-order valence-electron chi connectivity index (χ3n) is 1.43. The standard InChI is InChI=1S/C8H6BrF3/c1-5-2-3-6(7(9)4-5)8(10,11)12/h2-4H,1H3. The second-order valence-corrected chi connectivity index (χ2v) is 3.34. The normalized spacial score (nSPS) is 11.8. The van der Waals surface area contributed by atoms with Crippen molar-refractivity contribution >= 4 is 15.9 Å². The van der Waals surface area contributed by atoms with E-state index >= 15 is 0 Å². The summed E-state index contributed by atoms with van der Waals surface area (Å²) in [6, 6.07) is 3.95. The average molecular weight is 239 g/mol. The molecule has 0 spiro atoms. The lowest BCUT2D eigenvalue weighted by molar-refractivity contribution is -0.138. The van der Waals surface area contributed by atoms with Crippen LogP contribution in [-0.4, -0.2) is 0 Å². The van der Waals surface area contributed by atoms with Gasteiger partial charge in [0.2, 0.25) is 0 Å². The van der Waals surface area contributed by atoms with Crippen molar-refractivity contribution < 1.29 is 13.2 Å². The van der Waals surface area contributed by atoms with E-state index in [9.17, 15) is 13.2 Å². The molecule has 66 valence electrons. The summed E-state index contributed by atoms with van der Waals surface area (Å²) in [7, 11) is 0. The predicted octanol–water partition coefficient (Wildman–Crippen LogP) is 3.78. The van der Waals surface area contributed by atoms with Crippen LogP contribution < -0.4 is 0 Å². The van der Waals surface area contributed by atoms with Crippen LogP contribution in [0.4, 0.5) is 13.2 Å². The van der Waals surface area contributed by atoms with E-state index in [2.05, 4.69) is 15.9 Å². The third kappa shape index (κ3) is 2.00. The highest BCUT2D eigenvalue weighted by Crippen LogP contribution is 2.34.